The summed E-state index contributed by atoms with van der Waals surface area (Å²) >= 11 is 1.44. The normalized spacial score (nSPS) is 10.7. The minimum Gasteiger partial charge on any atom is -0.301 e. The van der Waals surface area contributed by atoms with Crippen molar-refractivity contribution in [2.75, 3.05) is 6.26 Å². The number of aromatic amines is 1. The van der Waals surface area contributed by atoms with Crippen LogP contribution >= 0.6 is 11.8 Å². The van der Waals surface area contributed by atoms with Crippen molar-refractivity contribution in [2.24, 2.45) is 0 Å². The third kappa shape index (κ3) is 1.42. The van der Waals surface area contributed by atoms with Crippen molar-refractivity contribution in [1.29, 1.82) is 0 Å². The first-order valence-corrected chi connectivity index (χ1v) is 5.48. The average Bonchev–Trinajstić information content (AvgIpc) is 2.19. The van der Waals surface area contributed by atoms with Crippen LogP contribution in [0.5, 0.6) is 0 Å². The van der Waals surface area contributed by atoms with E-state index in [9.17, 15) is 4.79 Å². The maximum absolute atomic E-state index is 11.6. The van der Waals surface area contributed by atoms with E-state index in [0.717, 1.165) is 11.1 Å². The molecule has 2 rings (SSSR count). The van der Waals surface area contributed by atoms with Gasteiger partial charge >= 0.3 is 0 Å². The molecule has 0 radical (unpaired) electrons. The number of para-hydroxylation sites is 1. The van der Waals surface area contributed by atoms with Crippen LogP contribution in [0.25, 0.3) is 10.9 Å². The number of hydrogen-bond acceptors (Lipinski definition) is 3. The Hall–Kier alpha value is -1.29. The number of fused-ring (bicyclic) bond motifs is 1. The predicted molar refractivity (Wildman–Crippen MR) is 58.9 cm³/mol. The van der Waals surface area contributed by atoms with Crippen molar-refractivity contribution in [1.82, 2.24) is 9.97 Å². The van der Waals surface area contributed by atoms with Gasteiger partial charge in [-0.05, 0) is 24.8 Å². The summed E-state index contributed by atoms with van der Waals surface area (Å²) in [5.41, 5.74) is 1.76. The van der Waals surface area contributed by atoms with Gasteiger partial charge in [0.05, 0.1) is 10.9 Å². The fraction of sp³-hybridized carbons (Fsp3) is 0.200. The van der Waals surface area contributed by atoms with E-state index in [1.165, 1.54) is 11.8 Å². The van der Waals surface area contributed by atoms with Crippen molar-refractivity contribution < 1.29 is 0 Å². The summed E-state index contributed by atoms with van der Waals surface area (Å²) in [6.07, 6.45) is 1.89. The lowest BCUT2D eigenvalue weighted by Crippen LogP contribution is -2.09. The van der Waals surface area contributed by atoms with Crippen LogP contribution in [-0.4, -0.2) is 16.2 Å². The molecule has 0 bridgehead atoms. The molecule has 1 aromatic heterocycles. The van der Waals surface area contributed by atoms with Gasteiger partial charge in [0.2, 0.25) is 0 Å². The second-order valence-corrected chi connectivity index (χ2v) is 3.84. The van der Waals surface area contributed by atoms with Crippen molar-refractivity contribution in [3.63, 3.8) is 0 Å². The number of H-pyrrole nitrogens is 1. The Morgan fingerprint density at radius 3 is 2.93 bits per heavy atom. The monoisotopic (exact) mass is 206 g/mol. The van der Waals surface area contributed by atoms with Gasteiger partial charge in [0, 0.05) is 0 Å². The average molecular weight is 206 g/mol. The molecule has 2 aromatic rings. The van der Waals surface area contributed by atoms with E-state index in [1.807, 2.05) is 25.3 Å². The zero-order chi connectivity index (χ0) is 10.1. The molecular weight excluding hydrogens is 196 g/mol. The van der Waals surface area contributed by atoms with Crippen molar-refractivity contribution in [3.05, 3.63) is 34.1 Å². The first kappa shape index (κ1) is 9.27. The van der Waals surface area contributed by atoms with E-state index in [1.54, 1.807) is 6.07 Å². The number of rotatable bonds is 1. The van der Waals surface area contributed by atoms with E-state index in [4.69, 9.17) is 0 Å². The molecule has 4 heteroatoms. The summed E-state index contributed by atoms with van der Waals surface area (Å²) in [4.78, 5) is 18.7. The Morgan fingerprint density at radius 1 is 1.43 bits per heavy atom. The van der Waals surface area contributed by atoms with Crippen LogP contribution in [0.2, 0.25) is 0 Å². The summed E-state index contributed by atoms with van der Waals surface area (Å²) in [6.45, 7) is 1.96. The quantitative estimate of drug-likeness (QED) is 0.573. The molecule has 0 atom stereocenters. The smallest absolute Gasteiger partial charge is 0.259 e. The fourth-order valence-corrected chi connectivity index (χ4v) is 1.76. The van der Waals surface area contributed by atoms with E-state index in [-0.39, 0.29) is 5.56 Å². The van der Waals surface area contributed by atoms with E-state index >= 15 is 0 Å². The van der Waals surface area contributed by atoms with Gasteiger partial charge in [-0.15, -0.1) is 0 Å². The number of hydrogen-bond donors (Lipinski definition) is 1. The van der Waals surface area contributed by atoms with Gasteiger partial charge in [0.15, 0.2) is 5.16 Å². The van der Waals surface area contributed by atoms with Crippen LogP contribution in [0, 0.1) is 6.92 Å². The molecule has 0 aliphatic carbocycles. The standard InChI is InChI=1S/C10H10N2OS/c1-6-4-3-5-7-8(6)11-10(14-2)12-9(7)13/h3-5H,1-2H3,(H,11,12,13). The molecule has 0 fully saturated rings. The topological polar surface area (TPSA) is 45.8 Å². The van der Waals surface area contributed by atoms with Gasteiger partial charge in [-0.25, -0.2) is 4.98 Å². The van der Waals surface area contributed by atoms with Crippen LogP contribution in [0.15, 0.2) is 28.2 Å². The highest BCUT2D eigenvalue weighted by atomic mass is 32.2. The number of nitrogens with zero attached hydrogens (tertiary/aromatic N) is 1. The number of aromatic nitrogens is 2. The first-order valence-electron chi connectivity index (χ1n) is 4.26. The van der Waals surface area contributed by atoms with Gasteiger partial charge in [0.25, 0.3) is 5.56 Å². The predicted octanol–water partition coefficient (Wildman–Crippen LogP) is 1.95. The van der Waals surface area contributed by atoms with Crippen LogP contribution in [0.3, 0.4) is 0 Å². The number of benzene rings is 1. The zero-order valence-electron chi connectivity index (χ0n) is 8.00. The summed E-state index contributed by atoms with van der Waals surface area (Å²) in [5.74, 6) is 0. The van der Waals surface area contributed by atoms with E-state index < -0.39 is 0 Å². The molecular formula is C10H10N2OS. The molecule has 0 aliphatic heterocycles. The lowest BCUT2D eigenvalue weighted by atomic mass is 10.1. The van der Waals surface area contributed by atoms with Crippen molar-refractivity contribution >= 4 is 22.7 Å². The molecule has 0 spiro atoms. The highest BCUT2D eigenvalue weighted by Gasteiger charge is 2.04. The Morgan fingerprint density at radius 2 is 2.21 bits per heavy atom. The zero-order valence-corrected chi connectivity index (χ0v) is 8.81. The Labute approximate surface area is 85.6 Å². The van der Waals surface area contributed by atoms with Crippen molar-refractivity contribution in [2.45, 2.75) is 12.1 Å². The molecule has 1 aromatic carbocycles. The van der Waals surface area contributed by atoms with Gasteiger partial charge in [-0.3, -0.25) is 4.79 Å². The van der Waals surface area contributed by atoms with Crippen LogP contribution < -0.4 is 5.56 Å². The minimum atomic E-state index is -0.0666. The second-order valence-electron chi connectivity index (χ2n) is 3.05. The SMILES string of the molecule is CSc1nc2c(C)cccc2c(=O)[nH]1. The van der Waals surface area contributed by atoms with E-state index in [0.29, 0.717) is 10.5 Å². The van der Waals surface area contributed by atoms with Gasteiger partial charge < -0.3 is 4.98 Å². The Balaban J connectivity index is 2.91. The summed E-state index contributed by atoms with van der Waals surface area (Å²) in [5, 5.41) is 1.32. The molecule has 0 saturated heterocycles. The summed E-state index contributed by atoms with van der Waals surface area (Å²) in [7, 11) is 0. The number of aryl methyl sites for hydroxylation is 1. The number of thioether (sulfide) groups is 1. The van der Waals surface area contributed by atoms with E-state index in [2.05, 4.69) is 9.97 Å². The van der Waals surface area contributed by atoms with Gasteiger partial charge in [-0.2, -0.15) is 0 Å². The molecule has 0 aliphatic rings. The van der Waals surface area contributed by atoms with Gasteiger partial charge in [-0.1, -0.05) is 23.9 Å². The molecule has 0 unspecified atom stereocenters. The molecule has 72 valence electrons. The summed E-state index contributed by atoms with van der Waals surface area (Å²) in [6, 6.07) is 5.62. The highest BCUT2D eigenvalue weighted by molar-refractivity contribution is 7.98. The largest absolute Gasteiger partial charge is 0.301 e. The lowest BCUT2D eigenvalue weighted by molar-refractivity contribution is 0.974. The Bertz CT molecular complexity index is 533. The molecule has 1 heterocycles. The first-order chi connectivity index (χ1) is 6.72. The van der Waals surface area contributed by atoms with Crippen LogP contribution in [0.1, 0.15) is 5.56 Å². The van der Waals surface area contributed by atoms with Crippen LogP contribution in [0.4, 0.5) is 0 Å². The van der Waals surface area contributed by atoms with Crippen LogP contribution in [-0.2, 0) is 0 Å². The molecule has 1 N–H and O–H groups in total. The van der Waals surface area contributed by atoms with Gasteiger partial charge in [0.1, 0.15) is 0 Å². The minimum absolute atomic E-state index is 0.0666. The highest BCUT2D eigenvalue weighted by Crippen LogP contribution is 2.15. The maximum Gasteiger partial charge on any atom is 0.259 e. The molecule has 0 saturated carbocycles. The fourth-order valence-electron chi connectivity index (χ4n) is 1.38. The number of nitrogens with one attached hydrogen (secondary N) is 1. The molecule has 3 nitrogen and oxygen atoms in total. The maximum atomic E-state index is 11.6. The Kier molecular flexibility index (Phi) is 2.29. The third-order valence-corrected chi connectivity index (χ3v) is 2.69. The third-order valence-electron chi connectivity index (χ3n) is 2.11. The molecule has 14 heavy (non-hydrogen) atoms. The summed E-state index contributed by atoms with van der Waals surface area (Å²) < 4.78 is 0. The molecule has 0 amide bonds. The second kappa shape index (κ2) is 3.46. The van der Waals surface area contributed by atoms with Crippen molar-refractivity contribution in [3.8, 4) is 0 Å². The lowest BCUT2D eigenvalue weighted by Gasteiger charge is -2.01.